The average Bonchev–Trinajstić information content (AvgIpc) is 2.52. The molecule has 0 aromatic heterocycles. The lowest BCUT2D eigenvalue weighted by Crippen LogP contribution is -2.29. The van der Waals surface area contributed by atoms with E-state index in [1.54, 1.807) is 18.2 Å². The summed E-state index contributed by atoms with van der Waals surface area (Å²) in [6, 6.07) is 16.6. The van der Waals surface area contributed by atoms with E-state index in [0.29, 0.717) is 22.8 Å². The van der Waals surface area contributed by atoms with Crippen molar-refractivity contribution in [2.75, 3.05) is 11.9 Å². The maximum absolute atomic E-state index is 11.8. The van der Waals surface area contributed by atoms with Gasteiger partial charge in [-0.2, -0.15) is 5.26 Å². The average molecular weight is 300 g/mol. The second kappa shape index (κ2) is 7.32. The van der Waals surface area contributed by atoms with Crippen LogP contribution in [0, 0.1) is 11.3 Å². The van der Waals surface area contributed by atoms with Gasteiger partial charge in [0.25, 0.3) is 0 Å². The summed E-state index contributed by atoms with van der Waals surface area (Å²) in [7, 11) is 0. The van der Waals surface area contributed by atoms with Crippen LogP contribution in [0.5, 0.6) is 0 Å². The number of hydrogen-bond acceptors (Lipinski definition) is 3. The third kappa shape index (κ3) is 4.51. The molecule has 0 atom stereocenters. The number of benzene rings is 2. The fourth-order valence-corrected chi connectivity index (χ4v) is 1.97. The van der Waals surface area contributed by atoms with Crippen molar-refractivity contribution in [3.05, 3.63) is 64.7 Å². The van der Waals surface area contributed by atoms with Crippen molar-refractivity contribution in [3.8, 4) is 6.07 Å². The number of carbonyl (C=O) groups is 1. The van der Waals surface area contributed by atoms with Crippen LogP contribution < -0.4 is 10.6 Å². The third-order valence-electron chi connectivity index (χ3n) is 2.87. The van der Waals surface area contributed by atoms with Gasteiger partial charge in [-0.15, -0.1) is 0 Å². The van der Waals surface area contributed by atoms with Crippen LogP contribution in [0.1, 0.15) is 11.1 Å². The van der Waals surface area contributed by atoms with Crippen LogP contribution in [0.15, 0.2) is 48.5 Å². The lowest BCUT2D eigenvalue weighted by molar-refractivity contribution is -0.119. The summed E-state index contributed by atoms with van der Waals surface area (Å²) in [4.78, 5) is 11.8. The van der Waals surface area contributed by atoms with E-state index in [0.717, 1.165) is 5.56 Å². The zero-order chi connectivity index (χ0) is 15.1. The molecule has 0 radical (unpaired) electrons. The molecule has 0 spiro atoms. The van der Waals surface area contributed by atoms with E-state index in [1.807, 2.05) is 36.4 Å². The molecule has 0 fully saturated rings. The number of anilines is 1. The molecule has 2 aromatic carbocycles. The summed E-state index contributed by atoms with van der Waals surface area (Å²) in [6.45, 7) is 0.580. The van der Waals surface area contributed by atoms with Crippen LogP contribution in [-0.4, -0.2) is 12.5 Å². The second-order valence-electron chi connectivity index (χ2n) is 4.42. The molecule has 21 heavy (non-hydrogen) atoms. The minimum absolute atomic E-state index is 0.100. The van der Waals surface area contributed by atoms with Gasteiger partial charge in [0.05, 0.1) is 17.8 Å². The maximum Gasteiger partial charge on any atom is 0.239 e. The Kier molecular flexibility index (Phi) is 5.19. The van der Waals surface area contributed by atoms with Crippen molar-refractivity contribution in [2.45, 2.75) is 6.54 Å². The highest BCUT2D eigenvalue weighted by atomic mass is 35.5. The van der Waals surface area contributed by atoms with E-state index in [2.05, 4.69) is 10.6 Å². The first kappa shape index (κ1) is 14.9. The molecule has 0 saturated carbocycles. The Morgan fingerprint density at radius 2 is 1.95 bits per heavy atom. The molecule has 1 amide bonds. The number of nitriles is 1. The van der Waals surface area contributed by atoms with Crippen molar-refractivity contribution in [1.29, 1.82) is 5.26 Å². The van der Waals surface area contributed by atoms with Gasteiger partial charge in [-0.3, -0.25) is 4.79 Å². The monoisotopic (exact) mass is 299 g/mol. The van der Waals surface area contributed by atoms with Crippen molar-refractivity contribution < 1.29 is 4.79 Å². The number of hydrogen-bond donors (Lipinski definition) is 2. The predicted molar refractivity (Wildman–Crippen MR) is 82.9 cm³/mol. The summed E-state index contributed by atoms with van der Waals surface area (Å²) in [5.74, 6) is -0.141. The molecule has 2 N–H and O–H groups in total. The summed E-state index contributed by atoms with van der Waals surface area (Å²) < 4.78 is 0. The molecule has 106 valence electrons. The SMILES string of the molecule is N#Cc1cc(Cl)ccc1NCC(=O)NCc1ccccc1. The number of nitrogens with one attached hydrogen (secondary N) is 2. The van der Waals surface area contributed by atoms with Gasteiger partial charge in [0.2, 0.25) is 5.91 Å². The molecule has 0 unspecified atom stereocenters. The van der Waals surface area contributed by atoms with Crippen molar-refractivity contribution in [2.24, 2.45) is 0 Å². The summed E-state index contributed by atoms with van der Waals surface area (Å²) in [6.07, 6.45) is 0. The van der Waals surface area contributed by atoms with Crippen LogP contribution in [0.4, 0.5) is 5.69 Å². The normalized spacial score (nSPS) is 9.71. The van der Waals surface area contributed by atoms with Gasteiger partial charge < -0.3 is 10.6 Å². The third-order valence-corrected chi connectivity index (χ3v) is 3.11. The molecule has 2 aromatic rings. The molecule has 0 aliphatic carbocycles. The van der Waals surface area contributed by atoms with Crippen LogP contribution >= 0.6 is 11.6 Å². The molecule has 0 bridgehead atoms. The van der Waals surface area contributed by atoms with Gasteiger partial charge >= 0.3 is 0 Å². The van der Waals surface area contributed by atoms with E-state index in [-0.39, 0.29) is 12.5 Å². The Morgan fingerprint density at radius 3 is 2.67 bits per heavy atom. The van der Waals surface area contributed by atoms with E-state index in [4.69, 9.17) is 16.9 Å². The van der Waals surface area contributed by atoms with E-state index in [1.165, 1.54) is 0 Å². The topological polar surface area (TPSA) is 64.9 Å². The molecule has 0 aliphatic rings. The van der Waals surface area contributed by atoms with Crippen LogP contribution in [0.2, 0.25) is 5.02 Å². The smallest absolute Gasteiger partial charge is 0.239 e. The standard InChI is InChI=1S/C16H14ClN3O/c17-14-6-7-15(13(8-14)9-18)19-11-16(21)20-10-12-4-2-1-3-5-12/h1-8,19H,10-11H2,(H,20,21). The van der Waals surface area contributed by atoms with Gasteiger partial charge in [0.1, 0.15) is 6.07 Å². The van der Waals surface area contributed by atoms with E-state index < -0.39 is 0 Å². The van der Waals surface area contributed by atoms with Crippen molar-refractivity contribution in [1.82, 2.24) is 5.32 Å². The summed E-state index contributed by atoms with van der Waals surface area (Å²) >= 11 is 5.82. The van der Waals surface area contributed by atoms with Crippen LogP contribution in [0.3, 0.4) is 0 Å². The number of rotatable bonds is 5. The highest BCUT2D eigenvalue weighted by molar-refractivity contribution is 6.30. The number of nitrogens with zero attached hydrogens (tertiary/aromatic N) is 1. The quantitative estimate of drug-likeness (QED) is 0.892. The largest absolute Gasteiger partial charge is 0.375 e. The molecular formula is C16H14ClN3O. The highest BCUT2D eigenvalue weighted by Gasteiger charge is 2.05. The van der Waals surface area contributed by atoms with Gasteiger partial charge in [-0.25, -0.2) is 0 Å². The first-order valence-corrected chi connectivity index (χ1v) is 6.81. The molecule has 5 heteroatoms. The minimum atomic E-state index is -0.141. The summed E-state index contributed by atoms with van der Waals surface area (Å²) in [5, 5.41) is 15.2. The fourth-order valence-electron chi connectivity index (χ4n) is 1.80. The Labute approximate surface area is 128 Å². The predicted octanol–water partition coefficient (Wildman–Crippen LogP) is 2.94. The van der Waals surface area contributed by atoms with Gasteiger partial charge in [0, 0.05) is 11.6 Å². The van der Waals surface area contributed by atoms with E-state index in [9.17, 15) is 4.79 Å². The highest BCUT2D eigenvalue weighted by Crippen LogP contribution is 2.19. The molecular weight excluding hydrogens is 286 g/mol. The van der Waals surface area contributed by atoms with Crippen LogP contribution in [0.25, 0.3) is 0 Å². The Bertz CT molecular complexity index is 665. The Morgan fingerprint density at radius 1 is 1.19 bits per heavy atom. The Balaban J connectivity index is 1.86. The Hall–Kier alpha value is -2.51. The molecule has 0 heterocycles. The molecule has 4 nitrogen and oxygen atoms in total. The maximum atomic E-state index is 11.8. The fraction of sp³-hybridized carbons (Fsp3) is 0.125. The molecule has 2 rings (SSSR count). The zero-order valence-corrected chi connectivity index (χ0v) is 12.0. The van der Waals surface area contributed by atoms with Gasteiger partial charge in [-0.05, 0) is 23.8 Å². The van der Waals surface area contributed by atoms with Crippen LogP contribution in [-0.2, 0) is 11.3 Å². The molecule has 0 saturated heterocycles. The zero-order valence-electron chi connectivity index (χ0n) is 11.3. The first-order valence-electron chi connectivity index (χ1n) is 6.43. The van der Waals surface area contributed by atoms with Gasteiger partial charge in [0.15, 0.2) is 0 Å². The lowest BCUT2D eigenvalue weighted by atomic mass is 10.2. The minimum Gasteiger partial charge on any atom is -0.375 e. The number of amides is 1. The van der Waals surface area contributed by atoms with E-state index >= 15 is 0 Å². The first-order chi connectivity index (χ1) is 10.2. The lowest BCUT2D eigenvalue weighted by Gasteiger charge is -2.09. The number of carbonyl (C=O) groups excluding carboxylic acids is 1. The van der Waals surface area contributed by atoms with Gasteiger partial charge in [-0.1, -0.05) is 41.9 Å². The summed E-state index contributed by atoms with van der Waals surface area (Å²) in [5.41, 5.74) is 2.05. The van der Waals surface area contributed by atoms with Crippen molar-refractivity contribution >= 4 is 23.2 Å². The number of halogens is 1. The molecule has 0 aliphatic heterocycles. The van der Waals surface area contributed by atoms with Crippen molar-refractivity contribution in [3.63, 3.8) is 0 Å². The second-order valence-corrected chi connectivity index (χ2v) is 4.85.